The van der Waals surface area contributed by atoms with Crippen LogP contribution in [-0.4, -0.2) is 33.6 Å². The number of nitrogens with zero attached hydrogens (tertiary/aromatic N) is 3. The molecule has 0 aromatic carbocycles. The number of hydrogen-bond acceptors (Lipinski definition) is 7. The summed E-state index contributed by atoms with van der Waals surface area (Å²) < 4.78 is 43.6. The monoisotopic (exact) mass is 516 g/mol. The molecule has 188 valence electrons. The van der Waals surface area contributed by atoms with Crippen LogP contribution in [-0.2, 0) is 22.3 Å². The first kappa shape index (κ1) is 25.8. The van der Waals surface area contributed by atoms with Crippen molar-refractivity contribution in [1.82, 2.24) is 15.3 Å². The lowest BCUT2D eigenvalue weighted by atomic mass is 10.1. The van der Waals surface area contributed by atoms with Gasteiger partial charge in [0.05, 0.1) is 29.7 Å². The molecular weight excluding hydrogens is 493 g/mol. The number of aliphatic hydroxyl groups is 1. The highest BCUT2D eigenvalue weighted by molar-refractivity contribution is 7.16. The number of nitrogens with one attached hydrogen (secondary N) is 1. The fourth-order valence-electron chi connectivity index (χ4n) is 3.46. The number of alkyl halides is 3. The fraction of sp³-hybridized carbons (Fsp3) is 0.320. The lowest BCUT2D eigenvalue weighted by molar-refractivity contribution is -0.141. The third-order valence-electron chi connectivity index (χ3n) is 5.36. The Kier molecular flexibility index (Phi) is 8.01. The standard InChI is InChI=1S/C25H23F3N4O3S/c1-16-22(23(34)30-13-17-6-4-2-3-5-7-17)36-24(31-16)32-11-10-19(12-21(32)33)35-15-18-8-9-20(29-14-18)25(26,27)28/h4,6-11,14,19,23,30,34H,2,12-13,15H2,1H3. The Morgan fingerprint density at radius 2 is 2.22 bits per heavy atom. The highest BCUT2D eigenvalue weighted by Crippen LogP contribution is 2.32. The Balaban J connectivity index is 1.34. The third-order valence-corrected chi connectivity index (χ3v) is 6.57. The molecule has 1 amide bonds. The number of carbonyl (C=O) groups is 1. The van der Waals surface area contributed by atoms with E-state index in [1.807, 2.05) is 12.2 Å². The van der Waals surface area contributed by atoms with Crippen molar-refractivity contribution in [2.45, 2.75) is 44.9 Å². The number of pyridine rings is 1. The second-order valence-electron chi connectivity index (χ2n) is 8.08. The minimum Gasteiger partial charge on any atom is -0.373 e. The zero-order chi connectivity index (χ0) is 25.7. The Bertz CT molecular complexity index is 1260. The molecule has 2 aromatic rings. The number of anilines is 1. The molecule has 3 heterocycles. The molecule has 2 N–H and O–H groups in total. The van der Waals surface area contributed by atoms with E-state index in [-0.39, 0.29) is 18.9 Å². The van der Waals surface area contributed by atoms with E-state index >= 15 is 0 Å². The maximum Gasteiger partial charge on any atom is 0.433 e. The summed E-state index contributed by atoms with van der Waals surface area (Å²) in [6, 6.07) is 2.19. The normalized spacial score (nSPS) is 18.5. The van der Waals surface area contributed by atoms with Crippen molar-refractivity contribution in [2.75, 3.05) is 11.4 Å². The van der Waals surface area contributed by atoms with Crippen molar-refractivity contribution in [3.8, 4) is 11.8 Å². The van der Waals surface area contributed by atoms with Gasteiger partial charge in [0.25, 0.3) is 0 Å². The number of hydrogen-bond donors (Lipinski definition) is 2. The molecule has 1 aliphatic carbocycles. The van der Waals surface area contributed by atoms with E-state index in [0.29, 0.717) is 34.2 Å². The molecule has 2 unspecified atom stereocenters. The summed E-state index contributed by atoms with van der Waals surface area (Å²) in [6.45, 7) is 2.21. The highest BCUT2D eigenvalue weighted by Gasteiger charge is 2.32. The van der Waals surface area contributed by atoms with Gasteiger partial charge in [-0.3, -0.25) is 20.0 Å². The van der Waals surface area contributed by atoms with Crippen LogP contribution in [0.25, 0.3) is 0 Å². The number of aliphatic hydroxyl groups excluding tert-OH is 1. The molecule has 0 bridgehead atoms. The van der Waals surface area contributed by atoms with Gasteiger partial charge < -0.3 is 9.84 Å². The maximum atomic E-state index is 12.7. The van der Waals surface area contributed by atoms with E-state index < -0.39 is 24.2 Å². The first-order valence-corrected chi connectivity index (χ1v) is 11.9. The number of thiazole rings is 1. The Morgan fingerprint density at radius 3 is 2.94 bits per heavy atom. The van der Waals surface area contributed by atoms with Crippen LogP contribution in [0, 0.1) is 18.8 Å². The fourth-order valence-corrected chi connectivity index (χ4v) is 4.49. The van der Waals surface area contributed by atoms with Gasteiger partial charge >= 0.3 is 6.18 Å². The average Bonchev–Trinajstić information content (AvgIpc) is 3.04. The van der Waals surface area contributed by atoms with E-state index in [9.17, 15) is 23.1 Å². The predicted molar refractivity (Wildman–Crippen MR) is 128 cm³/mol. The van der Waals surface area contributed by atoms with Gasteiger partial charge in [-0.05, 0) is 36.3 Å². The highest BCUT2D eigenvalue weighted by atomic mass is 32.1. The number of ether oxygens (including phenoxy) is 1. The molecule has 7 nitrogen and oxygen atoms in total. The quantitative estimate of drug-likeness (QED) is 0.405. The minimum atomic E-state index is -4.50. The number of aromatic nitrogens is 2. The number of allylic oxidation sites excluding steroid dienone is 2. The van der Waals surface area contributed by atoms with Crippen LogP contribution in [0.4, 0.5) is 18.3 Å². The van der Waals surface area contributed by atoms with E-state index in [4.69, 9.17) is 4.74 Å². The van der Waals surface area contributed by atoms with Crippen molar-refractivity contribution in [3.05, 3.63) is 76.2 Å². The first-order valence-electron chi connectivity index (χ1n) is 11.1. The molecule has 0 saturated carbocycles. The predicted octanol–water partition coefficient (Wildman–Crippen LogP) is 4.17. The van der Waals surface area contributed by atoms with E-state index in [1.165, 1.54) is 22.3 Å². The van der Waals surface area contributed by atoms with Gasteiger partial charge in [-0.1, -0.05) is 41.4 Å². The number of amides is 1. The molecule has 0 saturated heterocycles. The van der Waals surface area contributed by atoms with Crippen molar-refractivity contribution in [2.24, 2.45) is 0 Å². The van der Waals surface area contributed by atoms with Crippen LogP contribution in [0.2, 0.25) is 0 Å². The summed E-state index contributed by atoms with van der Waals surface area (Å²) >= 11 is 1.21. The number of carbonyl (C=O) groups excluding carboxylic acids is 1. The van der Waals surface area contributed by atoms with Gasteiger partial charge in [-0.25, -0.2) is 4.98 Å². The molecule has 0 radical (unpaired) electrons. The summed E-state index contributed by atoms with van der Waals surface area (Å²) in [5.41, 5.74) is 1.05. The van der Waals surface area contributed by atoms with E-state index in [1.54, 1.807) is 25.3 Å². The second-order valence-corrected chi connectivity index (χ2v) is 9.09. The van der Waals surface area contributed by atoms with Crippen molar-refractivity contribution < 1.29 is 27.8 Å². The van der Waals surface area contributed by atoms with Crippen molar-refractivity contribution in [3.63, 3.8) is 0 Å². The molecule has 2 atom stereocenters. The molecule has 11 heteroatoms. The smallest absolute Gasteiger partial charge is 0.373 e. The number of rotatable bonds is 8. The molecule has 36 heavy (non-hydrogen) atoms. The molecule has 0 spiro atoms. The Labute approximate surface area is 210 Å². The van der Waals surface area contributed by atoms with Crippen LogP contribution in [0.1, 0.15) is 40.9 Å². The van der Waals surface area contributed by atoms with Crippen molar-refractivity contribution >= 4 is 22.4 Å². The van der Waals surface area contributed by atoms with Crippen molar-refractivity contribution in [1.29, 1.82) is 0 Å². The van der Waals surface area contributed by atoms with Crippen LogP contribution < -0.4 is 10.2 Å². The number of aryl methyl sites for hydroxylation is 1. The molecule has 2 aliphatic rings. The lowest BCUT2D eigenvalue weighted by Crippen LogP contribution is -2.33. The summed E-state index contributed by atoms with van der Waals surface area (Å²) in [5.74, 6) is 5.67. The summed E-state index contributed by atoms with van der Waals surface area (Å²) in [7, 11) is 0. The zero-order valence-corrected chi connectivity index (χ0v) is 20.1. The summed E-state index contributed by atoms with van der Waals surface area (Å²) in [4.78, 5) is 22.6. The van der Waals surface area contributed by atoms with Crippen LogP contribution in [0.3, 0.4) is 0 Å². The minimum absolute atomic E-state index is 0.0169. The molecule has 0 fully saturated rings. The Morgan fingerprint density at radius 1 is 1.39 bits per heavy atom. The SMILES string of the molecule is Cc1nc(N2C=CC(OCc3ccc(C(F)(F)F)nc3)CC2=O)sc1C(O)NCC1=CC#CCC=C1. The summed E-state index contributed by atoms with van der Waals surface area (Å²) in [6.07, 6.45) is 4.81. The van der Waals surface area contributed by atoms with E-state index in [0.717, 1.165) is 17.8 Å². The van der Waals surface area contributed by atoms with Crippen LogP contribution in [0.5, 0.6) is 0 Å². The maximum absolute atomic E-state index is 12.7. The van der Waals surface area contributed by atoms with Crippen LogP contribution in [0.15, 0.2) is 54.4 Å². The average molecular weight is 517 g/mol. The molecule has 1 aliphatic heterocycles. The summed E-state index contributed by atoms with van der Waals surface area (Å²) in [5, 5.41) is 14.1. The van der Waals surface area contributed by atoms with E-state index in [2.05, 4.69) is 27.1 Å². The Hall–Kier alpha value is -3.30. The van der Waals surface area contributed by atoms with Gasteiger partial charge in [-0.2, -0.15) is 13.2 Å². The molecular formula is C25H23F3N4O3S. The largest absolute Gasteiger partial charge is 0.433 e. The van der Waals surface area contributed by atoms with Gasteiger partial charge in [0.15, 0.2) is 5.13 Å². The van der Waals surface area contributed by atoms with Gasteiger partial charge in [0, 0.05) is 25.4 Å². The second kappa shape index (κ2) is 11.2. The van der Waals surface area contributed by atoms with Crippen LogP contribution >= 0.6 is 11.3 Å². The third kappa shape index (κ3) is 6.47. The van der Waals surface area contributed by atoms with Gasteiger partial charge in [0.1, 0.15) is 11.9 Å². The lowest BCUT2D eigenvalue weighted by Gasteiger charge is -2.24. The topological polar surface area (TPSA) is 87.6 Å². The molecule has 2 aromatic heterocycles. The molecule has 4 rings (SSSR count). The zero-order valence-electron chi connectivity index (χ0n) is 19.2. The van der Waals surface area contributed by atoms with Gasteiger partial charge in [0.2, 0.25) is 5.91 Å². The first-order chi connectivity index (χ1) is 17.2. The van der Waals surface area contributed by atoms with Gasteiger partial charge in [-0.15, -0.1) is 0 Å². The number of halogens is 3.